The predicted octanol–water partition coefficient (Wildman–Crippen LogP) is 0.429. The average Bonchev–Trinajstić information content (AvgIpc) is 2.47. The summed E-state index contributed by atoms with van der Waals surface area (Å²) in [6.07, 6.45) is 3.10. The number of hydrogen-bond acceptors (Lipinski definition) is 4. The lowest BCUT2D eigenvalue weighted by Gasteiger charge is -2.30. The first-order valence-electron chi connectivity index (χ1n) is 6.78. The number of nitrogens with one attached hydrogen (secondary N) is 1. The molecule has 0 aromatic carbocycles. The highest BCUT2D eigenvalue weighted by molar-refractivity contribution is 7.87. The summed E-state index contributed by atoms with van der Waals surface area (Å²) >= 11 is 0. The van der Waals surface area contributed by atoms with E-state index in [1.807, 2.05) is 19.1 Å². The van der Waals surface area contributed by atoms with Crippen molar-refractivity contribution in [1.29, 1.82) is 0 Å². The van der Waals surface area contributed by atoms with E-state index >= 15 is 0 Å². The van der Waals surface area contributed by atoms with Gasteiger partial charge in [0, 0.05) is 38.1 Å². The summed E-state index contributed by atoms with van der Waals surface area (Å²) < 4.78 is 28.3. The second kappa shape index (κ2) is 6.62. The predicted molar refractivity (Wildman–Crippen MR) is 76.1 cm³/mol. The Bertz CT molecular complexity index is 522. The summed E-state index contributed by atoms with van der Waals surface area (Å²) in [6.45, 7) is 3.20. The Morgan fingerprint density at radius 2 is 2.10 bits per heavy atom. The normalized spacial score (nSPS) is 18.3. The molecule has 0 aliphatic carbocycles. The fourth-order valence-electron chi connectivity index (χ4n) is 2.20. The Hall–Kier alpha value is -1.02. The number of nitrogens with zero attached hydrogens (tertiary/aromatic N) is 2. The molecule has 0 spiro atoms. The number of piperidine rings is 1. The van der Waals surface area contributed by atoms with Crippen LogP contribution in [0.2, 0.25) is 0 Å². The van der Waals surface area contributed by atoms with Crippen LogP contribution in [0.1, 0.15) is 24.1 Å². The second-order valence-corrected chi connectivity index (χ2v) is 6.91. The standard InChI is InChI=1S/C13H21N3O3S/c1-11-2-3-13(8-14-11)9-15-20(18,19)16-6-4-12(10-17)5-7-16/h2-3,8,12,15,17H,4-7,9-10H2,1H3. The molecule has 0 radical (unpaired) electrons. The molecule has 7 heteroatoms. The van der Waals surface area contributed by atoms with E-state index < -0.39 is 10.2 Å². The first kappa shape index (κ1) is 15.4. The van der Waals surface area contributed by atoms with Crippen molar-refractivity contribution in [2.75, 3.05) is 19.7 Å². The molecule has 2 rings (SSSR count). The molecule has 0 bridgehead atoms. The van der Waals surface area contributed by atoms with Crippen molar-refractivity contribution in [2.24, 2.45) is 5.92 Å². The maximum Gasteiger partial charge on any atom is 0.279 e. The quantitative estimate of drug-likeness (QED) is 0.826. The van der Waals surface area contributed by atoms with Crippen molar-refractivity contribution in [3.8, 4) is 0 Å². The third-order valence-corrected chi connectivity index (χ3v) is 5.16. The molecule has 1 aromatic heterocycles. The lowest BCUT2D eigenvalue weighted by molar-refractivity contribution is 0.169. The fourth-order valence-corrected chi connectivity index (χ4v) is 3.42. The molecule has 1 saturated heterocycles. The van der Waals surface area contributed by atoms with Gasteiger partial charge in [-0.1, -0.05) is 6.07 Å². The third kappa shape index (κ3) is 3.99. The van der Waals surface area contributed by atoms with Gasteiger partial charge in [-0.15, -0.1) is 0 Å². The van der Waals surface area contributed by atoms with Crippen LogP contribution in [-0.2, 0) is 16.8 Å². The minimum atomic E-state index is -3.45. The Labute approximate surface area is 120 Å². The first-order chi connectivity index (χ1) is 9.51. The maximum atomic E-state index is 12.2. The molecule has 1 aliphatic rings. The SMILES string of the molecule is Cc1ccc(CNS(=O)(=O)N2CCC(CO)CC2)cn1. The monoisotopic (exact) mass is 299 g/mol. The van der Waals surface area contributed by atoms with E-state index in [-0.39, 0.29) is 19.1 Å². The highest BCUT2D eigenvalue weighted by Gasteiger charge is 2.27. The van der Waals surface area contributed by atoms with Crippen molar-refractivity contribution in [3.05, 3.63) is 29.6 Å². The summed E-state index contributed by atoms with van der Waals surface area (Å²) in [7, 11) is -3.45. The van der Waals surface area contributed by atoms with Gasteiger partial charge < -0.3 is 5.11 Å². The molecule has 2 N–H and O–H groups in total. The van der Waals surface area contributed by atoms with Crippen LogP contribution in [0.5, 0.6) is 0 Å². The van der Waals surface area contributed by atoms with Gasteiger partial charge in [-0.2, -0.15) is 17.4 Å². The van der Waals surface area contributed by atoms with Crippen LogP contribution in [0.4, 0.5) is 0 Å². The van der Waals surface area contributed by atoms with E-state index in [2.05, 4.69) is 9.71 Å². The van der Waals surface area contributed by atoms with Gasteiger partial charge in [-0.25, -0.2) is 0 Å². The molecule has 0 amide bonds. The van der Waals surface area contributed by atoms with E-state index in [1.165, 1.54) is 4.31 Å². The highest BCUT2D eigenvalue weighted by Crippen LogP contribution is 2.18. The maximum absolute atomic E-state index is 12.2. The van der Waals surface area contributed by atoms with Crippen LogP contribution in [-0.4, -0.2) is 42.5 Å². The van der Waals surface area contributed by atoms with Gasteiger partial charge in [0.15, 0.2) is 0 Å². The number of pyridine rings is 1. The van der Waals surface area contributed by atoms with Gasteiger partial charge in [-0.05, 0) is 37.3 Å². The van der Waals surface area contributed by atoms with Gasteiger partial charge in [0.05, 0.1) is 0 Å². The first-order valence-corrected chi connectivity index (χ1v) is 8.22. The summed E-state index contributed by atoms with van der Waals surface area (Å²) in [5.74, 6) is 0.225. The van der Waals surface area contributed by atoms with Gasteiger partial charge >= 0.3 is 0 Å². The third-order valence-electron chi connectivity index (χ3n) is 3.60. The van der Waals surface area contributed by atoms with Gasteiger partial charge in [-0.3, -0.25) is 4.98 Å². The van der Waals surface area contributed by atoms with E-state index in [0.717, 1.165) is 11.3 Å². The lowest BCUT2D eigenvalue weighted by Crippen LogP contribution is -2.45. The number of aliphatic hydroxyl groups is 1. The lowest BCUT2D eigenvalue weighted by atomic mass is 10.00. The van der Waals surface area contributed by atoms with Gasteiger partial charge in [0.1, 0.15) is 0 Å². The second-order valence-electron chi connectivity index (χ2n) is 5.16. The zero-order valence-electron chi connectivity index (χ0n) is 11.6. The molecule has 0 unspecified atom stereocenters. The number of rotatable bonds is 5. The van der Waals surface area contributed by atoms with Crippen LogP contribution in [0.15, 0.2) is 18.3 Å². The minimum Gasteiger partial charge on any atom is -0.396 e. The van der Waals surface area contributed by atoms with E-state index in [4.69, 9.17) is 5.11 Å². The Morgan fingerprint density at radius 3 is 2.65 bits per heavy atom. The molecule has 0 atom stereocenters. The topological polar surface area (TPSA) is 82.5 Å². The molecule has 6 nitrogen and oxygen atoms in total. The van der Waals surface area contributed by atoms with Crippen molar-refractivity contribution in [3.63, 3.8) is 0 Å². The van der Waals surface area contributed by atoms with Crippen molar-refractivity contribution in [2.45, 2.75) is 26.3 Å². The van der Waals surface area contributed by atoms with Crippen molar-refractivity contribution < 1.29 is 13.5 Å². The molecule has 0 saturated carbocycles. The molecule has 1 aromatic rings. The Balaban J connectivity index is 1.89. The van der Waals surface area contributed by atoms with E-state index in [1.54, 1.807) is 6.20 Å². The zero-order chi connectivity index (χ0) is 14.6. The molecule has 112 valence electrons. The van der Waals surface area contributed by atoms with Crippen LogP contribution in [0.25, 0.3) is 0 Å². The fraction of sp³-hybridized carbons (Fsp3) is 0.615. The smallest absolute Gasteiger partial charge is 0.279 e. The number of hydrogen-bond donors (Lipinski definition) is 2. The summed E-state index contributed by atoms with van der Waals surface area (Å²) in [6, 6.07) is 3.72. The average molecular weight is 299 g/mol. The zero-order valence-corrected chi connectivity index (χ0v) is 12.4. The number of aromatic nitrogens is 1. The van der Waals surface area contributed by atoms with Crippen LogP contribution in [0.3, 0.4) is 0 Å². The molecular formula is C13H21N3O3S. The van der Waals surface area contributed by atoms with Crippen LogP contribution < -0.4 is 4.72 Å². The van der Waals surface area contributed by atoms with Crippen molar-refractivity contribution in [1.82, 2.24) is 14.0 Å². The number of aryl methyl sites for hydroxylation is 1. The Kier molecular flexibility index (Phi) is 5.09. The molecule has 20 heavy (non-hydrogen) atoms. The van der Waals surface area contributed by atoms with Crippen molar-refractivity contribution >= 4 is 10.2 Å². The summed E-state index contributed by atoms with van der Waals surface area (Å²) in [5.41, 5.74) is 1.74. The molecule has 1 fully saturated rings. The van der Waals surface area contributed by atoms with Crippen LogP contribution >= 0.6 is 0 Å². The summed E-state index contributed by atoms with van der Waals surface area (Å²) in [4.78, 5) is 4.14. The molecule has 1 aliphatic heterocycles. The Morgan fingerprint density at radius 1 is 1.40 bits per heavy atom. The molecule has 2 heterocycles. The summed E-state index contributed by atoms with van der Waals surface area (Å²) in [5, 5.41) is 9.06. The largest absolute Gasteiger partial charge is 0.396 e. The van der Waals surface area contributed by atoms with E-state index in [0.29, 0.717) is 25.9 Å². The molecular weight excluding hydrogens is 278 g/mol. The highest BCUT2D eigenvalue weighted by atomic mass is 32.2. The van der Waals surface area contributed by atoms with Gasteiger partial charge in [0.25, 0.3) is 10.2 Å². The number of aliphatic hydroxyl groups excluding tert-OH is 1. The van der Waals surface area contributed by atoms with E-state index in [9.17, 15) is 8.42 Å². The minimum absolute atomic E-state index is 0.135. The van der Waals surface area contributed by atoms with Crippen LogP contribution in [0, 0.1) is 12.8 Å². The van der Waals surface area contributed by atoms with Gasteiger partial charge in [0.2, 0.25) is 0 Å².